The molecule has 2 nitrogen and oxygen atoms in total. The lowest BCUT2D eigenvalue weighted by molar-refractivity contribution is -0.136. The monoisotopic (exact) mass is 280 g/mol. The molecule has 1 aromatic rings. The van der Waals surface area contributed by atoms with Gasteiger partial charge < -0.3 is 4.74 Å². The summed E-state index contributed by atoms with van der Waals surface area (Å²) >= 11 is 5.83. The van der Waals surface area contributed by atoms with Gasteiger partial charge in [0.05, 0.1) is 11.6 Å². The minimum absolute atomic E-state index is 0.0464. The maximum Gasteiger partial charge on any atom is 0.389 e. The molecule has 0 amide bonds. The number of alkyl halides is 3. The minimum atomic E-state index is -4.17. The lowest BCUT2D eigenvalue weighted by Gasteiger charge is -2.09. The van der Waals surface area contributed by atoms with Crippen LogP contribution in [0.4, 0.5) is 13.2 Å². The summed E-state index contributed by atoms with van der Waals surface area (Å²) in [7, 11) is 0. The van der Waals surface area contributed by atoms with Gasteiger partial charge in [0.15, 0.2) is 5.78 Å². The van der Waals surface area contributed by atoms with Crippen molar-refractivity contribution in [1.29, 1.82) is 0 Å². The highest BCUT2D eigenvalue weighted by atomic mass is 35.5. The third-order valence-corrected chi connectivity index (χ3v) is 2.51. The van der Waals surface area contributed by atoms with Gasteiger partial charge in [0.1, 0.15) is 5.75 Å². The number of carbonyl (C=O) groups excluding carboxylic acids is 1. The number of ketones is 1. The predicted octanol–water partition coefficient (Wildman–Crippen LogP) is 4.26. The van der Waals surface area contributed by atoms with E-state index in [1.54, 1.807) is 0 Å². The summed E-state index contributed by atoms with van der Waals surface area (Å²) in [6.45, 7) is 1.33. The highest BCUT2D eigenvalue weighted by Crippen LogP contribution is 2.24. The van der Waals surface area contributed by atoms with Crippen LogP contribution in [0.3, 0.4) is 0 Å². The van der Waals surface area contributed by atoms with Gasteiger partial charge in [0, 0.05) is 12.0 Å². The van der Waals surface area contributed by atoms with Gasteiger partial charge in [0.25, 0.3) is 0 Å². The molecule has 0 saturated carbocycles. The second kappa shape index (κ2) is 6.09. The van der Waals surface area contributed by atoms with Crippen molar-refractivity contribution in [1.82, 2.24) is 0 Å². The van der Waals surface area contributed by atoms with E-state index in [4.69, 9.17) is 16.3 Å². The maximum absolute atomic E-state index is 11.9. The number of ether oxygens (including phenoxy) is 1. The van der Waals surface area contributed by atoms with Gasteiger partial charge in [-0.25, -0.2) is 0 Å². The van der Waals surface area contributed by atoms with E-state index in [0.717, 1.165) is 0 Å². The van der Waals surface area contributed by atoms with E-state index >= 15 is 0 Å². The molecular weight excluding hydrogens is 269 g/mol. The average molecular weight is 281 g/mol. The zero-order valence-corrected chi connectivity index (χ0v) is 10.4. The zero-order valence-electron chi connectivity index (χ0n) is 9.68. The Morgan fingerprint density at radius 2 is 2.06 bits per heavy atom. The number of rotatable bonds is 5. The van der Waals surface area contributed by atoms with Crippen LogP contribution in [0.1, 0.15) is 30.1 Å². The van der Waals surface area contributed by atoms with Crippen molar-refractivity contribution in [2.45, 2.75) is 25.9 Å². The average Bonchev–Trinajstić information content (AvgIpc) is 2.22. The fraction of sp³-hybridized carbons (Fsp3) is 0.417. The van der Waals surface area contributed by atoms with E-state index < -0.39 is 12.6 Å². The van der Waals surface area contributed by atoms with Crippen molar-refractivity contribution in [3.8, 4) is 5.75 Å². The Morgan fingerprint density at radius 1 is 1.39 bits per heavy atom. The second-order valence-electron chi connectivity index (χ2n) is 3.77. The molecule has 6 heteroatoms. The minimum Gasteiger partial charge on any atom is -0.494 e. The Morgan fingerprint density at radius 3 is 2.56 bits per heavy atom. The Kier molecular flexibility index (Phi) is 5.02. The van der Waals surface area contributed by atoms with Gasteiger partial charge in [-0.15, -0.1) is 0 Å². The van der Waals surface area contributed by atoms with E-state index in [-0.39, 0.29) is 23.8 Å². The molecule has 1 rings (SSSR count). The van der Waals surface area contributed by atoms with Crippen LogP contribution in [0, 0.1) is 0 Å². The van der Waals surface area contributed by atoms with Crippen LogP contribution in [0.25, 0.3) is 0 Å². The highest BCUT2D eigenvalue weighted by Gasteiger charge is 2.26. The van der Waals surface area contributed by atoms with Gasteiger partial charge in [-0.2, -0.15) is 13.2 Å². The Bertz CT molecular complexity index is 430. The first-order chi connectivity index (χ1) is 8.29. The van der Waals surface area contributed by atoms with Crippen LogP contribution in [-0.2, 0) is 0 Å². The van der Waals surface area contributed by atoms with E-state index in [2.05, 4.69) is 0 Å². The molecule has 0 spiro atoms. The topological polar surface area (TPSA) is 26.3 Å². The molecule has 0 unspecified atom stereocenters. The van der Waals surface area contributed by atoms with Crippen molar-refractivity contribution in [3.05, 3.63) is 28.8 Å². The van der Waals surface area contributed by atoms with E-state index in [9.17, 15) is 18.0 Å². The Labute approximate surface area is 108 Å². The molecular formula is C12H12ClF3O2. The summed E-state index contributed by atoms with van der Waals surface area (Å²) < 4.78 is 40.7. The molecule has 0 aliphatic carbocycles. The van der Waals surface area contributed by atoms with Crippen LogP contribution >= 0.6 is 11.6 Å². The number of hydrogen-bond donors (Lipinski definition) is 0. The molecule has 0 bridgehead atoms. The SMILES string of the molecule is CC(=O)c1ccc(OCCCC(F)(F)F)cc1Cl. The van der Waals surface area contributed by atoms with Gasteiger partial charge in [0.2, 0.25) is 0 Å². The number of halogens is 4. The fourth-order valence-electron chi connectivity index (χ4n) is 1.33. The standard InChI is InChI=1S/C12H12ClF3O2/c1-8(17)10-4-3-9(7-11(10)13)18-6-2-5-12(14,15)16/h3-4,7H,2,5-6H2,1H3. The van der Waals surface area contributed by atoms with Crippen molar-refractivity contribution in [3.63, 3.8) is 0 Å². The number of hydrogen-bond acceptors (Lipinski definition) is 2. The molecule has 100 valence electrons. The smallest absolute Gasteiger partial charge is 0.389 e. The summed E-state index contributed by atoms with van der Waals surface area (Å²) in [4.78, 5) is 11.1. The van der Waals surface area contributed by atoms with Gasteiger partial charge in [-0.3, -0.25) is 4.79 Å². The van der Waals surface area contributed by atoms with Gasteiger partial charge in [-0.1, -0.05) is 11.6 Å². The van der Waals surface area contributed by atoms with Crippen LogP contribution in [0.2, 0.25) is 5.02 Å². The quantitative estimate of drug-likeness (QED) is 0.595. The summed E-state index contributed by atoms with van der Waals surface area (Å²) in [6.07, 6.45) is -5.17. The third-order valence-electron chi connectivity index (χ3n) is 2.19. The van der Waals surface area contributed by atoms with Crippen molar-refractivity contribution < 1.29 is 22.7 Å². The maximum atomic E-state index is 11.9. The molecule has 0 fully saturated rings. The van der Waals surface area contributed by atoms with E-state index in [1.165, 1.54) is 25.1 Å². The highest BCUT2D eigenvalue weighted by molar-refractivity contribution is 6.34. The first-order valence-electron chi connectivity index (χ1n) is 5.29. The zero-order chi connectivity index (χ0) is 13.8. The first kappa shape index (κ1) is 14.8. The first-order valence-corrected chi connectivity index (χ1v) is 5.67. The van der Waals surface area contributed by atoms with Crippen molar-refractivity contribution >= 4 is 17.4 Å². The number of carbonyl (C=O) groups is 1. The summed E-state index contributed by atoms with van der Waals surface area (Å²) in [5, 5.41) is 0.232. The third kappa shape index (κ3) is 4.96. The molecule has 0 aromatic heterocycles. The Hall–Kier alpha value is -1.23. The number of benzene rings is 1. The molecule has 0 aliphatic rings. The lowest BCUT2D eigenvalue weighted by Crippen LogP contribution is -2.09. The van der Waals surface area contributed by atoms with Gasteiger partial charge in [-0.05, 0) is 31.5 Å². The summed E-state index contributed by atoms with van der Waals surface area (Å²) in [5.74, 6) is 0.177. The predicted molar refractivity (Wildman–Crippen MR) is 62.2 cm³/mol. The lowest BCUT2D eigenvalue weighted by atomic mass is 10.1. The number of Topliss-reactive ketones (excluding diaryl/α,β-unsaturated/α-hetero) is 1. The van der Waals surface area contributed by atoms with E-state index in [0.29, 0.717) is 11.3 Å². The van der Waals surface area contributed by atoms with Crippen LogP contribution in [-0.4, -0.2) is 18.6 Å². The largest absolute Gasteiger partial charge is 0.494 e. The van der Waals surface area contributed by atoms with Crippen LogP contribution in [0.15, 0.2) is 18.2 Å². The second-order valence-corrected chi connectivity index (χ2v) is 4.17. The van der Waals surface area contributed by atoms with Crippen LogP contribution in [0.5, 0.6) is 5.75 Å². The van der Waals surface area contributed by atoms with Gasteiger partial charge >= 0.3 is 6.18 Å². The molecule has 18 heavy (non-hydrogen) atoms. The molecule has 0 saturated heterocycles. The summed E-state index contributed by atoms with van der Waals surface area (Å²) in [5.41, 5.74) is 0.360. The summed E-state index contributed by atoms with van der Waals surface area (Å²) in [6, 6.07) is 4.42. The molecule has 0 heterocycles. The fourth-order valence-corrected chi connectivity index (χ4v) is 1.64. The Balaban J connectivity index is 2.49. The van der Waals surface area contributed by atoms with Crippen molar-refractivity contribution in [2.24, 2.45) is 0 Å². The molecule has 1 aromatic carbocycles. The molecule has 0 atom stereocenters. The molecule has 0 N–H and O–H groups in total. The van der Waals surface area contributed by atoms with E-state index in [1.807, 2.05) is 0 Å². The molecule has 0 radical (unpaired) electrons. The van der Waals surface area contributed by atoms with Crippen molar-refractivity contribution in [2.75, 3.05) is 6.61 Å². The van der Waals surface area contributed by atoms with Crippen LogP contribution < -0.4 is 4.74 Å². The normalized spacial score (nSPS) is 11.4. The molecule has 0 aliphatic heterocycles.